The van der Waals surface area contributed by atoms with Crippen molar-refractivity contribution in [3.8, 4) is 22.9 Å². The molecule has 1 amide bonds. The Morgan fingerprint density at radius 3 is 2.56 bits per heavy atom. The number of nitrogens with zero attached hydrogens (tertiary/aromatic N) is 6. The monoisotopic (exact) mass is 562 g/mol. The first-order chi connectivity index (χ1) is 20.0. The lowest BCUT2D eigenvalue weighted by atomic mass is 10.1. The third-order valence-corrected chi connectivity index (χ3v) is 7.57. The van der Waals surface area contributed by atoms with Crippen LogP contribution in [0.2, 0.25) is 0 Å². The maximum Gasteiger partial charge on any atom is 0.248 e. The molecule has 41 heavy (non-hydrogen) atoms. The van der Waals surface area contributed by atoms with Crippen LogP contribution in [-0.4, -0.2) is 102 Å². The number of piperazine rings is 1. The summed E-state index contributed by atoms with van der Waals surface area (Å²) >= 11 is 0. The second-order valence-corrected chi connectivity index (χ2v) is 10.3. The van der Waals surface area contributed by atoms with Gasteiger partial charge in [-0.3, -0.25) is 4.79 Å². The van der Waals surface area contributed by atoms with E-state index in [1.165, 1.54) is 0 Å². The Labute approximate surface area is 240 Å². The fourth-order valence-electron chi connectivity index (χ4n) is 5.15. The van der Waals surface area contributed by atoms with Gasteiger partial charge in [-0.25, -0.2) is 9.97 Å². The minimum absolute atomic E-state index is 0.0177. The molecule has 2 aliphatic heterocycles. The summed E-state index contributed by atoms with van der Waals surface area (Å²) in [6.07, 6.45) is 3.09. The van der Waals surface area contributed by atoms with Gasteiger partial charge in [0.25, 0.3) is 0 Å². The number of hydrogen-bond donors (Lipinski definition) is 3. The van der Waals surface area contributed by atoms with Crippen molar-refractivity contribution in [3.63, 3.8) is 0 Å². The molecule has 0 spiro atoms. The van der Waals surface area contributed by atoms with Crippen molar-refractivity contribution in [2.75, 3.05) is 70.2 Å². The normalized spacial score (nSPS) is 16.5. The van der Waals surface area contributed by atoms with Crippen LogP contribution in [0.25, 0.3) is 11.3 Å². The first-order valence-electron chi connectivity index (χ1n) is 13.9. The van der Waals surface area contributed by atoms with Crippen LogP contribution in [0, 0.1) is 0 Å². The summed E-state index contributed by atoms with van der Waals surface area (Å²) in [5.74, 6) is 2.06. The van der Waals surface area contributed by atoms with Gasteiger partial charge in [0.15, 0.2) is 0 Å². The average molecular weight is 563 g/mol. The molecule has 4 heterocycles. The molecule has 0 saturated carbocycles. The number of rotatable bonds is 9. The van der Waals surface area contributed by atoms with Crippen molar-refractivity contribution in [2.45, 2.75) is 25.5 Å². The third kappa shape index (κ3) is 6.84. The Morgan fingerprint density at radius 1 is 1.07 bits per heavy atom. The molecule has 5 rings (SSSR count). The van der Waals surface area contributed by atoms with E-state index in [0.717, 1.165) is 54.4 Å². The predicted octanol–water partition coefficient (Wildman–Crippen LogP) is 1.86. The largest absolute Gasteiger partial charge is 0.490 e. The summed E-state index contributed by atoms with van der Waals surface area (Å²) < 4.78 is 11.9. The van der Waals surface area contributed by atoms with E-state index in [1.807, 2.05) is 36.4 Å². The highest BCUT2D eigenvalue weighted by Gasteiger charge is 2.24. The molecule has 12 heteroatoms. The van der Waals surface area contributed by atoms with Gasteiger partial charge in [0, 0.05) is 76.0 Å². The number of benzene rings is 1. The van der Waals surface area contributed by atoms with E-state index in [9.17, 15) is 4.79 Å². The van der Waals surface area contributed by atoms with Gasteiger partial charge in [-0.15, -0.1) is 0 Å². The van der Waals surface area contributed by atoms with E-state index in [2.05, 4.69) is 32.1 Å². The fourth-order valence-corrected chi connectivity index (χ4v) is 5.15. The predicted molar refractivity (Wildman–Crippen MR) is 156 cm³/mol. The molecule has 218 valence electrons. The Morgan fingerprint density at radius 2 is 1.85 bits per heavy atom. The molecule has 2 fully saturated rings. The number of likely N-dealkylation sites (tertiary alicyclic amines) is 1. The molecule has 0 unspecified atom stereocenters. The second-order valence-electron chi connectivity index (χ2n) is 10.3. The van der Waals surface area contributed by atoms with Gasteiger partial charge < -0.3 is 40.3 Å². The highest BCUT2D eigenvalue weighted by Crippen LogP contribution is 2.31. The van der Waals surface area contributed by atoms with E-state index in [4.69, 9.17) is 25.3 Å². The Kier molecular flexibility index (Phi) is 9.12. The summed E-state index contributed by atoms with van der Waals surface area (Å²) in [7, 11) is 3.76. The Balaban J connectivity index is 1.27. The number of aromatic nitrogens is 3. The molecule has 0 atom stereocenters. The molecule has 2 aliphatic rings. The average Bonchev–Trinajstić information content (AvgIpc) is 3.01. The van der Waals surface area contributed by atoms with Crippen LogP contribution in [-0.2, 0) is 11.3 Å². The highest BCUT2D eigenvalue weighted by molar-refractivity contribution is 5.77. The fraction of sp³-hybridized carbons (Fsp3) is 0.448. The molecule has 3 aromatic rings. The van der Waals surface area contributed by atoms with Crippen molar-refractivity contribution >= 4 is 23.4 Å². The summed E-state index contributed by atoms with van der Waals surface area (Å²) in [4.78, 5) is 31.8. The van der Waals surface area contributed by atoms with Crippen molar-refractivity contribution in [1.82, 2.24) is 24.8 Å². The topological polar surface area (TPSA) is 142 Å². The van der Waals surface area contributed by atoms with Crippen LogP contribution in [0.4, 0.5) is 17.5 Å². The zero-order valence-corrected chi connectivity index (χ0v) is 23.6. The van der Waals surface area contributed by atoms with E-state index >= 15 is 0 Å². The molecule has 1 aromatic carbocycles. The van der Waals surface area contributed by atoms with Gasteiger partial charge >= 0.3 is 0 Å². The van der Waals surface area contributed by atoms with Gasteiger partial charge in [0.05, 0.1) is 12.8 Å². The van der Waals surface area contributed by atoms with Crippen molar-refractivity contribution in [3.05, 3.63) is 48.2 Å². The minimum Gasteiger partial charge on any atom is -0.490 e. The maximum atomic E-state index is 11.7. The van der Waals surface area contributed by atoms with E-state index in [0.29, 0.717) is 50.1 Å². The number of nitrogens with two attached hydrogens (primary N) is 1. The molecular formula is C29H38N8O4. The quantitative estimate of drug-likeness (QED) is 0.352. The summed E-state index contributed by atoms with van der Waals surface area (Å²) in [5.41, 5.74) is 9.56. The number of methoxy groups -OCH3 is 1. The number of likely N-dealkylation sites (N-methyl/N-ethyl adjacent to an activating group) is 1. The Hall–Kier alpha value is -4.00. The lowest BCUT2D eigenvalue weighted by Gasteiger charge is -2.34. The third-order valence-electron chi connectivity index (χ3n) is 7.57. The van der Waals surface area contributed by atoms with Crippen LogP contribution < -0.4 is 25.4 Å². The number of pyridine rings is 1. The lowest BCUT2D eigenvalue weighted by Crippen LogP contribution is -2.44. The molecule has 0 bridgehead atoms. The minimum atomic E-state index is -0.460. The maximum absolute atomic E-state index is 11.7. The zero-order chi connectivity index (χ0) is 28.8. The van der Waals surface area contributed by atoms with Gasteiger partial charge in [-0.2, -0.15) is 4.98 Å². The highest BCUT2D eigenvalue weighted by atomic mass is 16.5. The number of carbonyl (C=O) groups excluding carboxylic acids is 1. The SMILES string of the molecule is COc1nc(Nc2nccc(-c3ccc(OC4CCN(C(=O)CO)CC4)c(CN)c3)n2)ccc1N1CCN(C)CC1. The number of aliphatic hydroxyl groups excluding tert-OH is 1. The smallest absolute Gasteiger partial charge is 0.248 e. The number of aliphatic hydroxyl groups is 1. The van der Waals surface area contributed by atoms with Crippen LogP contribution in [0.5, 0.6) is 11.6 Å². The van der Waals surface area contributed by atoms with Crippen LogP contribution in [0.15, 0.2) is 42.6 Å². The van der Waals surface area contributed by atoms with E-state index in [-0.39, 0.29) is 12.0 Å². The van der Waals surface area contributed by atoms with Gasteiger partial charge in [0.1, 0.15) is 30.0 Å². The van der Waals surface area contributed by atoms with E-state index in [1.54, 1.807) is 18.2 Å². The molecule has 2 saturated heterocycles. The number of ether oxygens (including phenoxy) is 2. The van der Waals surface area contributed by atoms with Crippen LogP contribution in [0.1, 0.15) is 18.4 Å². The number of amides is 1. The second kappa shape index (κ2) is 13.1. The van der Waals surface area contributed by atoms with E-state index < -0.39 is 6.61 Å². The number of anilines is 3. The number of hydrogen-bond acceptors (Lipinski definition) is 11. The molecule has 4 N–H and O–H groups in total. The molecule has 2 aromatic heterocycles. The summed E-state index contributed by atoms with van der Waals surface area (Å²) in [5, 5.41) is 12.3. The van der Waals surface area contributed by atoms with Gasteiger partial charge in [-0.05, 0) is 43.4 Å². The van der Waals surface area contributed by atoms with Crippen LogP contribution in [0.3, 0.4) is 0 Å². The molecule has 0 radical (unpaired) electrons. The van der Waals surface area contributed by atoms with Gasteiger partial charge in [0.2, 0.25) is 17.7 Å². The standard InChI is InChI=1S/C29H38N8O4/c1-35-13-15-36(16-14-35)24-4-6-26(33-28(24)40-2)34-29-31-10-7-23(32-29)20-3-5-25(21(17-20)18-30)41-22-8-11-37(12-9-22)27(39)19-38/h3-7,10,17,22,38H,8-9,11-16,18-19,30H2,1-2H3,(H,31,32,33,34). The Bertz CT molecular complexity index is 1340. The first-order valence-corrected chi connectivity index (χ1v) is 13.9. The number of carbonyl (C=O) groups is 1. The molecule has 12 nitrogen and oxygen atoms in total. The van der Waals surface area contributed by atoms with Crippen LogP contribution >= 0.6 is 0 Å². The lowest BCUT2D eigenvalue weighted by molar-refractivity contribution is -0.135. The van der Waals surface area contributed by atoms with Crippen molar-refractivity contribution in [1.29, 1.82) is 0 Å². The summed E-state index contributed by atoms with van der Waals surface area (Å²) in [6.45, 7) is 4.82. The number of piperidine rings is 1. The van der Waals surface area contributed by atoms with Crippen molar-refractivity contribution in [2.24, 2.45) is 5.73 Å². The summed E-state index contributed by atoms with van der Waals surface area (Å²) in [6, 6.07) is 11.6. The van der Waals surface area contributed by atoms with Gasteiger partial charge in [-0.1, -0.05) is 0 Å². The number of nitrogens with one attached hydrogen (secondary N) is 1. The first kappa shape index (κ1) is 28.5. The molecule has 0 aliphatic carbocycles. The van der Waals surface area contributed by atoms with Crippen molar-refractivity contribution < 1.29 is 19.4 Å². The molecular weight excluding hydrogens is 524 g/mol. The zero-order valence-electron chi connectivity index (χ0n) is 23.6.